The minimum absolute atomic E-state index is 0.133. The number of aliphatic hydroxyl groups excluding tert-OH is 1. The van der Waals surface area contributed by atoms with Gasteiger partial charge in [-0.1, -0.05) is 23.7 Å². The van der Waals surface area contributed by atoms with E-state index in [1.807, 2.05) is 12.1 Å². The van der Waals surface area contributed by atoms with Gasteiger partial charge in [-0.15, -0.1) is 0 Å². The molecule has 3 nitrogen and oxygen atoms in total. The van der Waals surface area contributed by atoms with E-state index in [0.29, 0.717) is 16.5 Å². The molecule has 2 atom stereocenters. The molecule has 0 fully saturated rings. The van der Waals surface area contributed by atoms with Crippen molar-refractivity contribution < 1.29 is 9.32 Å². The topological polar surface area (TPSA) is 63.3 Å². The summed E-state index contributed by atoms with van der Waals surface area (Å²) in [4.78, 5) is 0. The third kappa shape index (κ3) is 4.75. The standard InChI is InChI=1S/C10H14ClNO2S/c11-9-3-1-8(2-4-9)6-15(14)7-10(12)5-13/h1-4,10,13H,5-7,12H2. The summed E-state index contributed by atoms with van der Waals surface area (Å²) in [7, 11) is -1.04. The van der Waals surface area contributed by atoms with E-state index < -0.39 is 16.8 Å². The molecule has 0 saturated heterocycles. The summed E-state index contributed by atoms with van der Waals surface area (Å²) < 4.78 is 11.6. The SMILES string of the molecule is NC(CO)CS(=O)Cc1ccc(Cl)cc1. The van der Waals surface area contributed by atoms with Gasteiger partial charge in [-0.05, 0) is 17.7 Å². The van der Waals surface area contributed by atoms with Crippen LogP contribution in [0.4, 0.5) is 0 Å². The summed E-state index contributed by atoms with van der Waals surface area (Å²) in [5.74, 6) is 0.768. The lowest BCUT2D eigenvalue weighted by atomic mass is 10.2. The first-order valence-corrected chi connectivity index (χ1v) is 6.44. The van der Waals surface area contributed by atoms with Crippen LogP contribution in [0.25, 0.3) is 0 Å². The molecule has 0 radical (unpaired) electrons. The van der Waals surface area contributed by atoms with E-state index in [4.69, 9.17) is 22.4 Å². The molecule has 0 aliphatic heterocycles. The largest absolute Gasteiger partial charge is 0.395 e. The van der Waals surface area contributed by atoms with E-state index in [9.17, 15) is 4.21 Å². The second-order valence-electron chi connectivity index (χ2n) is 3.32. The van der Waals surface area contributed by atoms with Crippen LogP contribution in [0.1, 0.15) is 5.56 Å². The molecule has 1 aromatic carbocycles. The fraction of sp³-hybridized carbons (Fsp3) is 0.400. The molecular formula is C10H14ClNO2S. The quantitative estimate of drug-likeness (QED) is 0.813. The zero-order valence-corrected chi connectivity index (χ0v) is 9.80. The Bertz CT molecular complexity index is 329. The van der Waals surface area contributed by atoms with Crippen LogP contribution in [0.5, 0.6) is 0 Å². The normalized spacial score (nSPS) is 14.9. The molecular weight excluding hydrogens is 234 g/mol. The number of benzene rings is 1. The van der Waals surface area contributed by atoms with E-state index >= 15 is 0 Å². The van der Waals surface area contributed by atoms with Crippen LogP contribution in [0.15, 0.2) is 24.3 Å². The zero-order chi connectivity index (χ0) is 11.3. The molecule has 0 aliphatic rings. The number of rotatable bonds is 5. The van der Waals surface area contributed by atoms with Gasteiger partial charge in [0.05, 0.1) is 6.61 Å². The highest BCUT2D eigenvalue weighted by Crippen LogP contribution is 2.11. The van der Waals surface area contributed by atoms with Crippen LogP contribution in [0, 0.1) is 0 Å². The molecule has 0 spiro atoms. The molecule has 0 aromatic heterocycles. The molecule has 0 aliphatic carbocycles. The van der Waals surface area contributed by atoms with Crippen molar-refractivity contribution in [2.24, 2.45) is 5.73 Å². The molecule has 15 heavy (non-hydrogen) atoms. The number of aliphatic hydroxyl groups is 1. The summed E-state index contributed by atoms with van der Waals surface area (Å²) in [5, 5.41) is 9.37. The van der Waals surface area contributed by atoms with Gasteiger partial charge in [0.25, 0.3) is 0 Å². The lowest BCUT2D eigenvalue weighted by Gasteiger charge is -2.07. The van der Waals surface area contributed by atoms with E-state index in [1.54, 1.807) is 12.1 Å². The Morgan fingerprint density at radius 2 is 2.00 bits per heavy atom. The lowest BCUT2D eigenvalue weighted by molar-refractivity contribution is 0.275. The Labute approximate surface area is 96.7 Å². The molecule has 0 heterocycles. The Morgan fingerprint density at radius 1 is 1.40 bits per heavy atom. The summed E-state index contributed by atoms with van der Waals surface area (Å²) in [6.45, 7) is -0.133. The van der Waals surface area contributed by atoms with Crippen molar-refractivity contribution in [3.63, 3.8) is 0 Å². The van der Waals surface area contributed by atoms with Crippen LogP contribution in [0.2, 0.25) is 5.02 Å². The van der Waals surface area contributed by atoms with Gasteiger partial charge < -0.3 is 10.8 Å². The fourth-order valence-corrected chi connectivity index (χ4v) is 2.51. The van der Waals surface area contributed by atoms with E-state index in [0.717, 1.165) is 5.56 Å². The number of halogens is 1. The van der Waals surface area contributed by atoms with Gasteiger partial charge in [0.2, 0.25) is 0 Å². The molecule has 0 bridgehead atoms. The number of nitrogens with two attached hydrogens (primary N) is 1. The first kappa shape index (κ1) is 12.6. The van der Waals surface area contributed by atoms with Crippen LogP contribution >= 0.6 is 11.6 Å². The summed E-state index contributed by atoms with van der Waals surface area (Å²) in [6, 6.07) is 6.80. The van der Waals surface area contributed by atoms with Gasteiger partial charge in [-0.25, -0.2) is 0 Å². The average molecular weight is 248 g/mol. The van der Waals surface area contributed by atoms with E-state index in [1.165, 1.54) is 0 Å². The van der Waals surface area contributed by atoms with Crippen LogP contribution in [-0.4, -0.2) is 27.7 Å². The predicted molar refractivity (Wildman–Crippen MR) is 63.2 cm³/mol. The zero-order valence-electron chi connectivity index (χ0n) is 8.23. The van der Waals surface area contributed by atoms with Gasteiger partial charge in [0.1, 0.15) is 0 Å². The van der Waals surface area contributed by atoms with Crippen molar-refractivity contribution in [1.29, 1.82) is 0 Å². The minimum Gasteiger partial charge on any atom is -0.395 e. The molecule has 1 rings (SSSR count). The maximum absolute atomic E-state index is 11.6. The molecule has 0 amide bonds. The Kier molecular flexibility index (Phi) is 5.25. The fourth-order valence-electron chi connectivity index (χ4n) is 1.12. The summed E-state index contributed by atoms with van der Waals surface area (Å²) in [5.41, 5.74) is 6.45. The molecule has 2 unspecified atom stereocenters. The second kappa shape index (κ2) is 6.23. The van der Waals surface area contributed by atoms with Gasteiger partial charge in [0, 0.05) is 33.4 Å². The van der Waals surface area contributed by atoms with Crippen molar-refractivity contribution >= 4 is 22.4 Å². The molecule has 0 saturated carbocycles. The summed E-state index contributed by atoms with van der Waals surface area (Å²) in [6.07, 6.45) is 0. The maximum Gasteiger partial charge on any atom is 0.0591 e. The van der Waals surface area contributed by atoms with Gasteiger partial charge in [0.15, 0.2) is 0 Å². The minimum atomic E-state index is -1.04. The number of hydrogen-bond donors (Lipinski definition) is 2. The van der Waals surface area contributed by atoms with Crippen molar-refractivity contribution in [1.82, 2.24) is 0 Å². The van der Waals surface area contributed by atoms with E-state index in [2.05, 4.69) is 0 Å². The lowest BCUT2D eigenvalue weighted by Crippen LogP contribution is -2.31. The van der Waals surface area contributed by atoms with Gasteiger partial charge >= 0.3 is 0 Å². The molecule has 84 valence electrons. The third-order valence-corrected chi connectivity index (χ3v) is 3.58. The molecule has 1 aromatic rings. The Morgan fingerprint density at radius 3 is 2.53 bits per heavy atom. The van der Waals surface area contributed by atoms with Crippen molar-refractivity contribution in [3.05, 3.63) is 34.9 Å². The predicted octanol–water partition coefficient (Wildman–Crippen LogP) is 0.908. The highest BCUT2D eigenvalue weighted by atomic mass is 35.5. The summed E-state index contributed by atoms with van der Waals surface area (Å²) >= 11 is 5.73. The van der Waals surface area contributed by atoms with Crippen LogP contribution in [-0.2, 0) is 16.6 Å². The van der Waals surface area contributed by atoms with Crippen molar-refractivity contribution in [2.75, 3.05) is 12.4 Å². The monoisotopic (exact) mass is 247 g/mol. The van der Waals surface area contributed by atoms with Crippen LogP contribution < -0.4 is 5.73 Å². The van der Waals surface area contributed by atoms with Crippen LogP contribution in [0.3, 0.4) is 0 Å². The highest BCUT2D eigenvalue weighted by molar-refractivity contribution is 7.84. The first-order chi connectivity index (χ1) is 7.11. The Hall–Kier alpha value is -0.420. The van der Waals surface area contributed by atoms with Crippen molar-refractivity contribution in [3.8, 4) is 0 Å². The molecule has 5 heteroatoms. The third-order valence-electron chi connectivity index (χ3n) is 1.88. The Balaban J connectivity index is 2.48. The molecule has 3 N–H and O–H groups in total. The van der Waals surface area contributed by atoms with Crippen molar-refractivity contribution in [2.45, 2.75) is 11.8 Å². The number of hydrogen-bond acceptors (Lipinski definition) is 3. The van der Waals surface area contributed by atoms with Gasteiger partial charge in [-0.2, -0.15) is 0 Å². The second-order valence-corrected chi connectivity index (χ2v) is 5.26. The average Bonchev–Trinajstić information content (AvgIpc) is 2.21. The van der Waals surface area contributed by atoms with E-state index in [-0.39, 0.29) is 6.61 Å². The first-order valence-electron chi connectivity index (χ1n) is 4.57. The van der Waals surface area contributed by atoms with Gasteiger partial charge in [-0.3, -0.25) is 4.21 Å². The highest BCUT2D eigenvalue weighted by Gasteiger charge is 2.07. The smallest absolute Gasteiger partial charge is 0.0591 e. The maximum atomic E-state index is 11.6.